The Morgan fingerprint density at radius 1 is 1.35 bits per heavy atom. The van der Waals surface area contributed by atoms with Crippen molar-refractivity contribution in [2.45, 2.75) is 32.7 Å². The second kappa shape index (κ2) is 9.01. The monoisotopic (exact) mass is 315 g/mol. The van der Waals surface area contributed by atoms with Crippen molar-refractivity contribution in [1.29, 1.82) is 0 Å². The third-order valence-corrected chi connectivity index (χ3v) is 4.12. The molecule has 17 heavy (non-hydrogen) atoms. The van der Waals surface area contributed by atoms with Crippen molar-refractivity contribution in [1.82, 2.24) is 5.32 Å². The van der Waals surface area contributed by atoms with E-state index in [1.165, 1.54) is 28.0 Å². The van der Waals surface area contributed by atoms with Crippen LogP contribution >= 0.6 is 27.7 Å². The summed E-state index contributed by atoms with van der Waals surface area (Å²) in [4.78, 5) is 0. The number of hydrogen-bond acceptors (Lipinski definition) is 2. The molecule has 0 aliphatic rings. The third kappa shape index (κ3) is 6.49. The van der Waals surface area contributed by atoms with Gasteiger partial charge in [0.25, 0.3) is 0 Å². The minimum absolute atomic E-state index is 0.592. The first-order valence-corrected chi connectivity index (χ1v) is 8.26. The molecule has 1 atom stereocenters. The Labute approximate surface area is 118 Å². The van der Waals surface area contributed by atoms with E-state index in [1.807, 2.05) is 11.8 Å². The van der Waals surface area contributed by atoms with E-state index in [0.29, 0.717) is 6.04 Å². The predicted molar refractivity (Wildman–Crippen MR) is 82.9 cm³/mol. The predicted octanol–water partition coefficient (Wildman–Crippen LogP) is 4.11. The highest BCUT2D eigenvalue weighted by Gasteiger charge is 2.08. The van der Waals surface area contributed by atoms with Crippen LogP contribution in [0, 0.1) is 0 Å². The molecule has 3 heteroatoms. The van der Waals surface area contributed by atoms with Gasteiger partial charge in [0, 0.05) is 16.3 Å². The Balaban J connectivity index is 2.51. The summed E-state index contributed by atoms with van der Waals surface area (Å²) < 4.78 is 1.17. The molecule has 0 fully saturated rings. The van der Waals surface area contributed by atoms with Crippen molar-refractivity contribution < 1.29 is 0 Å². The van der Waals surface area contributed by atoms with E-state index in [4.69, 9.17) is 0 Å². The van der Waals surface area contributed by atoms with Gasteiger partial charge in [0.1, 0.15) is 0 Å². The van der Waals surface area contributed by atoms with E-state index < -0.39 is 0 Å². The molecular formula is C14H22BrNS. The number of thioether (sulfide) groups is 1. The lowest BCUT2D eigenvalue weighted by atomic mass is 10.1. The van der Waals surface area contributed by atoms with Crippen LogP contribution in [0.25, 0.3) is 0 Å². The maximum Gasteiger partial charge on any atom is 0.0198 e. The molecule has 1 unspecified atom stereocenters. The average Bonchev–Trinajstić information content (AvgIpc) is 2.32. The molecule has 0 saturated heterocycles. The van der Waals surface area contributed by atoms with Crippen LogP contribution in [-0.4, -0.2) is 24.1 Å². The van der Waals surface area contributed by atoms with Crippen LogP contribution in [0.15, 0.2) is 28.7 Å². The Hall–Kier alpha value is 0.01000. The van der Waals surface area contributed by atoms with Crippen LogP contribution in [0.3, 0.4) is 0 Å². The lowest BCUT2D eigenvalue weighted by Gasteiger charge is -2.18. The number of nitrogens with one attached hydrogen (secondary N) is 1. The first-order chi connectivity index (χ1) is 8.26. The molecule has 0 heterocycles. The van der Waals surface area contributed by atoms with Crippen molar-refractivity contribution in [3.8, 4) is 0 Å². The van der Waals surface area contributed by atoms with Crippen LogP contribution in [0.5, 0.6) is 0 Å². The van der Waals surface area contributed by atoms with Gasteiger partial charge in [-0.05, 0) is 42.8 Å². The summed E-state index contributed by atoms with van der Waals surface area (Å²) in [6.45, 7) is 5.56. The zero-order chi connectivity index (χ0) is 12.5. The fraction of sp³-hybridized carbons (Fsp3) is 0.571. The molecule has 0 aliphatic heterocycles. The summed E-state index contributed by atoms with van der Waals surface area (Å²) in [5.41, 5.74) is 1.41. The van der Waals surface area contributed by atoms with Gasteiger partial charge in [-0.25, -0.2) is 0 Å². The molecule has 0 aliphatic carbocycles. The fourth-order valence-corrected chi connectivity index (χ4v) is 2.95. The molecule has 0 spiro atoms. The summed E-state index contributed by atoms with van der Waals surface area (Å²) >= 11 is 5.55. The largest absolute Gasteiger partial charge is 0.313 e. The maximum absolute atomic E-state index is 3.64. The van der Waals surface area contributed by atoms with Gasteiger partial charge in [0.2, 0.25) is 0 Å². The van der Waals surface area contributed by atoms with E-state index in [2.05, 4.69) is 59.4 Å². The normalized spacial score (nSPS) is 12.6. The molecule has 1 N–H and O–H groups in total. The van der Waals surface area contributed by atoms with Gasteiger partial charge in [-0.3, -0.25) is 0 Å². The van der Waals surface area contributed by atoms with E-state index in [-0.39, 0.29) is 0 Å². The van der Waals surface area contributed by atoms with Gasteiger partial charge in [-0.2, -0.15) is 11.8 Å². The van der Waals surface area contributed by atoms with Gasteiger partial charge < -0.3 is 5.32 Å². The van der Waals surface area contributed by atoms with E-state index in [1.54, 1.807) is 0 Å². The zero-order valence-corrected chi connectivity index (χ0v) is 13.1. The van der Waals surface area contributed by atoms with Gasteiger partial charge in [-0.1, -0.05) is 41.9 Å². The summed E-state index contributed by atoms with van der Waals surface area (Å²) in [7, 11) is 0. The van der Waals surface area contributed by atoms with Gasteiger partial charge in [0.05, 0.1) is 0 Å². The third-order valence-electron chi connectivity index (χ3n) is 2.58. The van der Waals surface area contributed by atoms with Crippen molar-refractivity contribution in [2.75, 3.05) is 18.1 Å². The number of rotatable bonds is 8. The Kier molecular flexibility index (Phi) is 7.99. The van der Waals surface area contributed by atoms with Gasteiger partial charge >= 0.3 is 0 Å². The quantitative estimate of drug-likeness (QED) is 0.774. The molecule has 0 saturated carbocycles. The zero-order valence-electron chi connectivity index (χ0n) is 10.7. The topological polar surface area (TPSA) is 12.0 Å². The lowest BCUT2D eigenvalue weighted by molar-refractivity contribution is 0.550. The van der Waals surface area contributed by atoms with E-state index in [9.17, 15) is 0 Å². The summed E-state index contributed by atoms with van der Waals surface area (Å²) in [5.74, 6) is 2.39. The van der Waals surface area contributed by atoms with E-state index in [0.717, 1.165) is 13.0 Å². The maximum atomic E-state index is 3.64. The molecule has 96 valence electrons. The first kappa shape index (κ1) is 15.1. The molecule has 0 radical (unpaired) electrons. The summed E-state index contributed by atoms with van der Waals surface area (Å²) in [5, 5.41) is 3.64. The Morgan fingerprint density at radius 2 is 2.18 bits per heavy atom. The highest BCUT2D eigenvalue weighted by molar-refractivity contribution is 9.10. The first-order valence-electron chi connectivity index (χ1n) is 6.31. The SMILES string of the molecule is CCCNC(CSCC)Cc1cccc(Br)c1. The number of benzene rings is 1. The molecule has 0 aromatic heterocycles. The van der Waals surface area contributed by atoms with E-state index >= 15 is 0 Å². The van der Waals surface area contributed by atoms with Crippen LogP contribution in [-0.2, 0) is 6.42 Å². The second-order valence-corrected chi connectivity index (χ2v) is 6.38. The minimum atomic E-state index is 0.592. The summed E-state index contributed by atoms with van der Waals surface area (Å²) in [6.07, 6.45) is 2.32. The highest BCUT2D eigenvalue weighted by Crippen LogP contribution is 2.14. The van der Waals surface area contributed by atoms with Crippen LogP contribution in [0.1, 0.15) is 25.8 Å². The van der Waals surface area contributed by atoms with Crippen molar-refractivity contribution in [3.63, 3.8) is 0 Å². The lowest BCUT2D eigenvalue weighted by Crippen LogP contribution is -2.34. The van der Waals surface area contributed by atoms with Crippen LogP contribution in [0.2, 0.25) is 0 Å². The fourth-order valence-electron chi connectivity index (χ4n) is 1.75. The smallest absolute Gasteiger partial charge is 0.0198 e. The van der Waals surface area contributed by atoms with Crippen molar-refractivity contribution in [3.05, 3.63) is 34.3 Å². The molecule has 0 bridgehead atoms. The van der Waals surface area contributed by atoms with Gasteiger partial charge in [-0.15, -0.1) is 0 Å². The molecular weight excluding hydrogens is 294 g/mol. The molecule has 1 nitrogen and oxygen atoms in total. The molecule has 1 aromatic carbocycles. The number of hydrogen-bond donors (Lipinski definition) is 1. The van der Waals surface area contributed by atoms with Gasteiger partial charge in [0.15, 0.2) is 0 Å². The minimum Gasteiger partial charge on any atom is -0.313 e. The standard InChI is InChI=1S/C14H22BrNS/c1-3-8-16-14(11-17-4-2)10-12-6-5-7-13(15)9-12/h5-7,9,14,16H,3-4,8,10-11H2,1-2H3. The van der Waals surface area contributed by atoms with Crippen molar-refractivity contribution in [2.24, 2.45) is 0 Å². The highest BCUT2D eigenvalue weighted by atomic mass is 79.9. The molecule has 1 rings (SSSR count). The molecule has 1 aromatic rings. The van der Waals surface area contributed by atoms with Crippen LogP contribution in [0.4, 0.5) is 0 Å². The van der Waals surface area contributed by atoms with Crippen LogP contribution < -0.4 is 5.32 Å². The Morgan fingerprint density at radius 3 is 2.82 bits per heavy atom. The second-order valence-electron chi connectivity index (χ2n) is 4.14. The number of halogens is 1. The van der Waals surface area contributed by atoms with Crippen molar-refractivity contribution >= 4 is 27.7 Å². The average molecular weight is 316 g/mol. The Bertz CT molecular complexity index is 309. The summed E-state index contributed by atoms with van der Waals surface area (Å²) in [6, 6.07) is 9.22. The molecule has 0 amide bonds.